The lowest BCUT2D eigenvalue weighted by atomic mass is 10.1. The molecule has 0 spiro atoms. The normalized spacial score (nSPS) is 21.2. The number of hydrogen-bond donors (Lipinski definition) is 0. The van der Waals surface area contributed by atoms with Crippen LogP contribution < -0.4 is 0 Å². The highest BCUT2D eigenvalue weighted by Crippen LogP contribution is 2.74. The van der Waals surface area contributed by atoms with Gasteiger partial charge in [0.25, 0.3) is 0 Å². The van der Waals surface area contributed by atoms with Crippen LogP contribution in [0.25, 0.3) is 0 Å². The quantitative estimate of drug-likeness (QED) is 0.381. The minimum atomic E-state index is -1.84. The van der Waals surface area contributed by atoms with Gasteiger partial charge in [-0.25, -0.2) is 0 Å². The van der Waals surface area contributed by atoms with Crippen molar-refractivity contribution in [3.05, 3.63) is 47.2 Å². The summed E-state index contributed by atoms with van der Waals surface area (Å²) in [4.78, 5) is 0. The Morgan fingerprint density at radius 2 is 1.27 bits per heavy atom. The van der Waals surface area contributed by atoms with Gasteiger partial charge in [-0.1, -0.05) is 125 Å². The molecule has 0 bridgehead atoms. The molecule has 30 heavy (non-hydrogen) atoms. The SMILES string of the molecule is CC(C)[Si](OC/C=C1\[C@@H](c2ccccc2)[Si]1(C(C)(C)C)C(C)(C)C)(C(C)C)C(C)C. The van der Waals surface area contributed by atoms with Crippen LogP contribution in [0.4, 0.5) is 0 Å². The Balaban J connectivity index is 2.48. The van der Waals surface area contributed by atoms with Gasteiger partial charge in [0.2, 0.25) is 8.32 Å². The van der Waals surface area contributed by atoms with E-state index in [2.05, 4.69) is 119 Å². The van der Waals surface area contributed by atoms with E-state index in [-0.39, 0.29) is 0 Å². The number of benzene rings is 1. The van der Waals surface area contributed by atoms with Gasteiger partial charge in [-0.2, -0.15) is 0 Å². The summed E-state index contributed by atoms with van der Waals surface area (Å²) >= 11 is 0. The highest BCUT2D eigenvalue weighted by Gasteiger charge is 2.72. The lowest BCUT2D eigenvalue weighted by molar-refractivity contribution is 0.316. The molecule has 170 valence electrons. The number of allylic oxidation sites excluding steroid dienone is 1. The van der Waals surface area contributed by atoms with E-state index in [0.717, 1.165) is 6.61 Å². The average Bonchev–Trinajstić information content (AvgIpc) is 3.28. The van der Waals surface area contributed by atoms with E-state index in [1.807, 2.05) is 0 Å². The van der Waals surface area contributed by atoms with Gasteiger partial charge in [0.15, 0.2) is 0 Å². The Hall–Kier alpha value is -0.646. The molecule has 1 saturated heterocycles. The Kier molecular flexibility index (Phi) is 7.44. The summed E-state index contributed by atoms with van der Waals surface area (Å²) in [6.07, 6.45) is 2.54. The molecule has 0 aliphatic carbocycles. The molecule has 0 radical (unpaired) electrons. The average molecular weight is 445 g/mol. The first-order valence-electron chi connectivity index (χ1n) is 12.0. The molecule has 0 aromatic heterocycles. The fourth-order valence-corrected chi connectivity index (χ4v) is 20.9. The van der Waals surface area contributed by atoms with Crippen LogP contribution in [0.5, 0.6) is 0 Å². The Labute approximate surface area is 189 Å². The van der Waals surface area contributed by atoms with Crippen molar-refractivity contribution in [2.75, 3.05) is 6.61 Å². The van der Waals surface area contributed by atoms with Gasteiger partial charge in [0, 0.05) is 5.54 Å². The maximum Gasteiger partial charge on any atom is 0.200 e. The van der Waals surface area contributed by atoms with Crippen LogP contribution in [0.15, 0.2) is 41.6 Å². The second-order valence-corrected chi connectivity index (χ2v) is 23.7. The highest BCUT2D eigenvalue weighted by molar-refractivity contribution is 7.04. The smallest absolute Gasteiger partial charge is 0.200 e. The van der Waals surface area contributed by atoms with Gasteiger partial charge >= 0.3 is 0 Å². The minimum Gasteiger partial charge on any atom is -0.412 e. The van der Waals surface area contributed by atoms with Crippen LogP contribution in [0, 0.1) is 0 Å². The third-order valence-corrected chi connectivity index (χ3v) is 21.4. The monoisotopic (exact) mass is 444 g/mol. The van der Waals surface area contributed by atoms with Gasteiger partial charge in [0.1, 0.15) is 8.07 Å². The van der Waals surface area contributed by atoms with Crippen LogP contribution in [0.3, 0.4) is 0 Å². The van der Waals surface area contributed by atoms with Crippen LogP contribution in [0.1, 0.15) is 94.2 Å². The van der Waals surface area contributed by atoms with Gasteiger partial charge in [-0.15, -0.1) is 0 Å². The lowest BCUT2D eigenvalue weighted by Crippen LogP contribution is -2.47. The summed E-state index contributed by atoms with van der Waals surface area (Å²) in [5, 5.41) is 2.37. The standard InChI is InChI=1S/C27H48OSi2/c1-20(2)29(21(3)4,22(5)6)28-19-18-24-25(23-16-14-13-15-17-23)30(24,26(7,8)9)27(10,11)12/h13-18,20-22,25H,19H2,1-12H3/b24-18+/t25-/m1/s1. The molecule has 1 aliphatic heterocycles. The number of hydrogen-bond acceptors (Lipinski definition) is 1. The van der Waals surface area contributed by atoms with Crippen molar-refractivity contribution in [3.63, 3.8) is 0 Å². The van der Waals surface area contributed by atoms with Crippen LogP contribution in [-0.4, -0.2) is 23.0 Å². The maximum atomic E-state index is 6.95. The first kappa shape index (κ1) is 25.6. The maximum absolute atomic E-state index is 6.95. The van der Waals surface area contributed by atoms with Crippen molar-refractivity contribution in [3.8, 4) is 0 Å². The van der Waals surface area contributed by atoms with E-state index < -0.39 is 16.4 Å². The van der Waals surface area contributed by atoms with Crippen molar-refractivity contribution in [2.24, 2.45) is 0 Å². The van der Waals surface area contributed by atoms with Crippen LogP contribution in [0.2, 0.25) is 26.7 Å². The summed E-state index contributed by atoms with van der Waals surface area (Å²) in [6, 6.07) is 11.3. The van der Waals surface area contributed by atoms with E-state index in [0.29, 0.717) is 32.2 Å². The molecule has 2 rings (SSSR count). The van der Waals surface area contributed by atoms with E-state index in [9.17, 15) is 0 Å². The lowest BCUT2D eigenvalue weighted by Gasteiger charge is -2.42. The van der Waals surface area contributed by atoms with Gasteiger partial charge in [0.05, 0.1) is 6.61 Å². The highest BCUT2D eigenvalue weighted by atomic mass is 28.4. The Bertz CT molecular complexity index is 697. The molecule has 3 heteroatoms. The summed E-state index contributed by atoms with van der Waals surface area (Å²) in [5.41, 5.74) is 4.03. The molecule has 0 saturated carbocycles. The van der Waals surface area contributed by atoms with E-state index in [1.54, 1.807) is 5.20 Å². The van der Waals surface area contributed by atoms with E-state index in [4.69, 9.17) is 4.43 Å². The molecular formula is C27H48OSi2. The first-order chi connectivity index (χ1) is 13.7. The zero-order valence-electron chi connectivity index (χ0n) is 21.9. The molecule has 1 aliphatic rings. The van der Waals surface area contributed by atoms with Crippen molar-refractivity contribution in [1.29, 1.82) is 0 Å². The largest absolute Gasteiger partial charge is 0.412 e. The van der Waals surface area contributed by atoms with E-state index >= 15 is 0 Å². The molecule has 1 fully saturated rings. The molecule has 1 nitrogen and oxygen atoms in total. The predicted molar refractivity (Wildman–Crippen MR) is 139 cm³/mol. The third-order valence-electron chi connectivity index (χ3n) is 7.96. The molecule has 0 N–H and O–H groups in total. The van der Waals surface area contributed by atoms with Crippen molar-refractivity contribution in [1.82, 2.24) is 0 Å². The third kappa shape index (κ3) is 4.07. The zero-order chi connectivity index (χ0) is 23.1. The molecule has 0 amide bonds. The van der Waals surface area contributed by atoms with Crippen molar-refractivity contribution in [2.45, 2.75) is 115 Å². The zero-order valence-corrected chi connectivity index (χ0v) is 23.9. The Morgan fingerprint density at radius 3 is 1.63 bits per heavy atom. The second-order valence-electron chi connectivity index (χ2n) is 12.4. The Morgan fingerprint density at radius 1 is 0.833 bits per heavy atom. The van der Waals surface area contributed by atoms with Gasteiger partial charge in [-0.3, -0.25) is 0 Å². The van der Waals surface area contributed by atoms with Crippen LogP contribution in [-0.2, 0) is 4.43 Å². The van der Waals surface area contributed by atoms with E-state index in [1.165, 1.54) is 5.56 Å². The van der Waals surface area contributed by atoms with Crippen molar-refractivity contribution >= 4 is 16.4 Å². The van der Waals surface area contributed by atoms with Crippen LogP contribution >= 0.6 is 0 Å². The molecule has 1 atom stereocenters. The topological polar surface area (TPSA) is 9.23 Å². The van der Waals surface area contributed by atoms with Crippen molar-refractivity contribution < 1.29 is 4.43 Å². The predicted octanol–water partition coefficient (Wildman–Crippen LogP) is 9.03. The minimum absolute atomic E-state index is 0.320. The van der Waals surface area contributed by atoms with Gasteiger partial charge < -0.3 is 4.43 Å². The fourth-order valence-electron chi connectivity index (χ4n) is 7.34. The fraction of sp³-hybridized carbons (Fsp3) is 0.704. The molecule has 0 unspecified atom stereocenters. The summed E-state index contributed by atoms with van der Waals surface area (Å²) in [5.74, 6) is 0. The summed E-state index contributed by atoms with van der Waals surface area (Å²) in [6.45, 7) is 30.0. The number of rotatable bonds is 7. The molecule has 1 aromatic rings. The first-order valence-corrected chi connectivity index (χ1v) is 16.3. The summed E-state index contributed by atoms with van der Waals surface area (Å²) in [7, 11) is -3.57. The molecule has 1 aromatic carbocycles. The summed E-state index contributed by atoms with van der Waals surface area (Å²) < 4.78 is 6.95. The second kappa shape index (κ2) is 8.71. The molecular weight excluding hydrogens is 396 g/mol. The van der Waals surface area contributed by atoms with Gasteiger partial charge in [-0.05, 0) is 32.3 Å². The molecule has 1 heterocycles.